The highest BCUT2D eigenvalue weighted by atomic mass is 35.5. The number of benzene rings is 2. The van der Waals surface area contributed by atoms with Crippen LogP contribution in [0.3, 0.4) is 0 Å². The van der Waals surface area contributed by atoms with Crippen LogP contribution < -0.4 is 11.1 Å². The number of halogens is 1. The lowest BCUT2D eigenvalue weighted by atomic mass is 10.0. The Balaban J connectivity index is 1.89. The molecule has 1 aliphatic heterocycles. The molecule has 1 aliphatic rings. The van der Waals surface area contributed by atoms with E-state index < -0.39 is 0 Å². The molecule has 0 bridgehead atoms. The van der Waals surface area contributed by atoms with Crippen molar-refractivity contribution in [2.75, 3.05) is 12.3 Å². The topological polar surface area (TPSA) is 55.1 Å². The van der Waals surface area contributed by atoms with Gasteiger partial charge in [-0.1, -0.05) is 41.9 Å². The predicted molar refractivity (Wildman–Crippen MR) is 97.7 cm³/mol. The maximum Gasteiger partial charge on any atom is 0.237 e. The molecule has 1 saturated heterocycles. The zero-order valence-corrected chi connectivity index (χ0v) is 14.2. The average molecular weight is 347 g/mol. The lowest BCUT2D eigenvalue weighted by molar-refractivity contribution is -0.121. The summed E-state index contributed by atoms with van der Waals surface area (Å²) < 4.78 is 0. The third-order valence-electron chi connectivity index (χ3n) is 3.97. The number of carbonyl (C=O) groups excluding carboxylic acids is 1. The van der Waals surface area contributed by atoms with Crippen molar-refractivity contribution < 1.29 is 4.79 Å². The lowest BCUT2D eigenvalue weighted by Crippen LogP contribution is -2.40. The van der Waals surface area contributed by atoms with Gasteiger partial charge in [0.05, 0.1) is 0 Å². The molecule has 0 aromatic heterocycles. The summed E-state index contributed by atoms with van der Waals surface area (Å²) in [7, 11) is 0. The maximum atomic E-state index is 12.5. The largest absolute Gasteiger partial charge is 0.351 e. The Hall–Kier alpha value is -1.49. The van der Waals surface area contributed by atoms with E-state index in [2.05, 4.69) is 11.4 Å². The van der Waals surface area contributed by atoms with Crippen LogP contribution in [0.25, 0.3) is 11.1 Å². The van der Waals surface area contributed by atoms with Crippen LogP contribution in [0.4, 0.5) is 0 Å². The van der Waals surface area contributed by atoms with Gasteiger partial charge in [-0.15, -0.1) is 11.8 Å². The molecule has 0 spiro atoms. The normalized spacial score (nSPS) is 21.6. The van der Waals surface area contributed by atoms with Gasteiger partial charge < -0.3 is 11.1 Å². The fourth-order valence-corrected chi connectivity index (χ4v) is 4.13. The van der Waals surface area contributed by atoms with E-state index in [1.54, 1.807) is 11.8 Å². The molecule has 2 atom stereocenters. The first-order valence-electron chi connectivity index (χ1n) is 7.65. The van der Waals surface area contributed by atoms with Crippen molar-refractivity contribution in [1.29, 1.82) is 0 Å². The molecular weight excluding hydrogens is 328 g/mol. The molecule has 3 rings (SSSR count). The minimum atomic E-state index is -0.189. The predicted octanol–water partition coefficient (Wildman–Crippen LogP) is 3.63. The van der Waals surface area contributed by atoms with Gasteiger partial charge in [-0.2, -0.15) is 0 Å². The van der Waals surface area contributed by atoms with E-state index in [-0.39, 0.29) is 17.2 Å². The Morgan fingerprint density at radius 3 is 2.65 bits per heavy atom. The van der Waals surface area contributed by atoms with Crippen LogP contribution in [0.1, 0.15) is 17.2 Å². The standard InChI is InChI=1S/C18H19ClN2OS/c19-15-6-2-4-13(10-15)12-3-1-5-14(9-12)17-18(22)21-16(11-20)7-8-23-17/h1-6,9-10,16-17H,7-8,11,20H2,(H,21,22)/t16-,17+/m0/s1. The number of nitrogens with one attached hydrogen (secondary N) is 1. The van der Waals surface area contributed by atoms with E-state index in [1.807, 2.05) is 42.5 Å². The van der Waals surface area contributed by atoms with E-state index in [0.29, 0.717) is 11.6 Å². The van der Waals surface area contributed by atoms with Gasteiger partial charge >= 0.3 is 0 Å². The van der Waals surface area contributed by atoms with Crippen molar-refractivity contribution in [1.82, 2.24) is 5.32 Å². The Morgan fingerprint density at radius 2 is 1.91 bits per heavy atom. The third-order valence-corrected chi connectivity index (χ3v) is 5.49. The number of carbonyl (C=O) groups is 1. The summed E-state index contributed by atoms with van der Waals surface area (Å²) in [6, 6.07) is 15.9. The van der Waals surface area contributed by atoms with Crippen molar-refractivity contribution >= 4 is 29.3 Å². The zero-order chi connectivity index (χ0) is 16.2. The molecule has 5 heteroatoms. The summed E-state index contributed by atoms with van der Waals surface area (Å²) >= 11 is 7.76. The van der Waals surface area contributed by atoms with E-state index >= 15 is 0 Å². The van der Waals surface area contributed by atoms with Gasteiger partial charge in [-0.3, -0.25) is 4.79 Å². The number of hydrogen-bond donors (Lipinski definition) is 2. The Labute approximate surface area is 145 Å². The lowest BCUT2D eigenvalue weighted by Gasteiger charge is -2.16. The monoisotopic (exact) mass is 346 g/mol. The molecule has 0 radical (unpaired) electrons. The Morgan fingerprint density at radius 1 is 1.17 bits per heavy atom. The first-order valence-corrected chi connectivity index (χ1v) is 9.08. The summed E-state index contributed by atoms with van der Waals surface area (Å²) in [5.74, 6) is 0.971. The molecule has 0 saturated carbocycles. The maximum absolute atomic E-state index is 12.5. The van der Waals surface area contributed by atoms with Crippen LogP contribution in [-0.2, 0) is 4.79 Å². The zero-order valence-electron chi connectivity index (χ0n) is 12.7. The van der Waals surface area contributed by atoms with Gasteiger partial charge in [0.15, 0.2) is 0 Å². The molecule has 23 heavy (non-hydrogen) atoms. The number of amides is 1. The van der Waals surface area contributed by atoms with Gasteiger partial charge in [0, 0.05) is 17.6 Å². The number of thioether (sulfide) groups is 1. The van der Waals surface area contributed by atoms with E-state index in [0.717, 1.165) is 28.9 Å². The smallest absolute Gasteiger partial charge is 0.237 e. The minimum Gasteiger partial charge on any atom is -0.351 e. The van der Waals surface area contributed by atoms with E-state index in [9.17, 15) is 4.79 Å². The summed E-state index contributed by atoms with van der Waals surface area (Å²) in [4.78, 5) is 12.5. The quantitative estimate of drug-likeness (QED) is 0.892. The van der Waals surface area contributed by atoms with Gasteiger partial charge in [-0.05, 0) is 47.1 Å². The second kappa shape index (κ2) is 7.39. The molecule has 2 aromatic rings. The first kappa shape index (κ1) is 16.4. The molecule has 1 amide bonds. The summed E-state index contributed by atoms with van der Waals surface area (Å²) in [6.45, 7) is 0.488. The van der Waals surface area contributed by atoms with Gasteiger partial charge in [0.25, 0.3) is 0 Å². The molecule has 1 heterocycles. The molecule has 2 aromatic carbocycles. The summed E-state index contributed by atoms with van der Waals surface area (Å²) in [5, 5.41) is 3.56. The molecular formula is C18H19ClN2OS. The van der Waals surface area contributed by atoms with Crippen LogP contribution in [-0.4, -0.2) is 24.2 Å². The number of hydrogen-bond acceptors (Lipinski definition) is 3. The van der Waals surface area contributed by atoms with Crippen LogP contribution in [0.5, 0.6) is 0 Å². The summed E-state index contributed by atoms with van der Waals surface area (Å²) in [6.07, 6.45) is 0.914. The van der Waals surface area contributed by atoms with Crippen molar-refractivity contribution in [2.45, 2.75) is 17.7 Å². The highest BCUT2D eigenvalue weighted by Crippen LogP contribution is 2.34. The van der Waals surface area contributed by atoms with Crippen molar-refractivity contribution in [3.8, 4) is 11.1 Å². The molecule has 3 nitrogen and oxygen atoms in total. The minimum absolute atomic E-state index is 0.0474. The Bertz CT molecular complexity index is 707. The molecule has 1 fully saturated rings. The summed E-state index contributed by atoms with van der Waals surface area (Å²) in [5.41, 5.74) is 8.83. The molecule has 120 valence electrons. The molecule has 0 unspecified atom stereocenters. The average Bonchev–Trinajstić information content (AvgIpc) is 2.76. The second-order valence-corrected chi connectivity index (χ2v) is 7.27. The van der Waals surface area contributed by atoms with Crippen LogP contribution in [0, 0.1) is 0 Å². The van der Waals surface area contributed by atoms with Crippen molar-refractivity contribution in [3.05, 3.63) is 59.1 Å². The number of nitrogens with two attached hydrogens (primary N) is 1. The molecule has 0 aliphatic carbocycles. The molecule has 3 N–H and O–H groups in total. The van der Waals surface area contributed by atoms with Crippen LogP contribution in [0.15, 0.2) is 48.5 Å². The van der Waals surface area contributed by atoms with Crippen molar-refractivity contribution in [3.63, 3.8) is 0 Å². The number of rotatable bonds is 3. The highest BCUT2D eigenvalue weighted by Gasteiger charge is 2.26. The van der Waals surface area contributed by atoms with Gasteiger partial charge in [-0.25, -0.2) is 0 Å². The fraction of sp³-hybridized carbons (Fsp3) is 0.278. The van der Waals surface area contributed by atoms with Crippen LogP contribution >= 0.6 is 23.4 Å². The van der Waals surface area contributed by atoms with E-state index in [4.69, 9.17) is 17.3 Å². The van der Waals surface area contributed by atoms with Crippen LogP contribution in [0.2, 0.25) is 5.02 Å². The SMILES string of the molecule is NC[C@@H]1CCS[C@H](c2cccc(-c3cccc(Cl)c3)c2)C(=O)N1. The van der Waals surface area contributed by atoms with Crippen molar-refractivity contribution in [2.24, 2.45) is 5.73 Å². The van der Waals surface area contributed by atoms with Gasteiger partial charge in [0.2, 0.25) is 5.91 Å². The first-order chi connectivity index (χ1) is 11.2. The van der Waals surface area contributed by atoms with Gasteiger partial charge in [0.1, 0.15) is 5.25 Å². The highest BCUT2D eigenvalue weighted by molar-refractivity contribution is 8.00. The van der Waals surface area contributed by atoms with E-state index in [1.165, 1.54) is 0 Å². The third kappa shape index (κ3) is 3.89. The Kier molecular flexibility index (Phi) is 5.26. The second-order valence-electron chi connectivity index (χ2n) is 5.62. The fourth-order valence-electron chi connectivity index (χ4n) is 2.73.